The lowest BCUT2D eigenvalue weighted by atomic mass is 10.4. The van der Waals surface area contributed by atoms with Crippen LogP contribution in [0.15, 0.2) is 0 Å². The molecule has 0 spiro atoms. The normalized spacial score (nSPS) is 9.62. The summed E-state index contributed by atoms with van der Waals surface area (Å²) in [5.41, 5.74) is 0. The van der Waals surface area contributed by atoms with Crippen molar-refractivity contribution in [1.29, 1.82) is 0 Å². The van der Waals surface area contributed by atoms with E-state index in [2.05, 4.69) is 5.32 Å². The van der Waals surface area contributed by atoms with Crippen LogP contribution in [0.3, 0.4) is 0 Å². The third-order valence-electron chi connectivity index (χ3n) is 1.20. The highest BCUT2D eigenvalue weighted by atomic mass is 33.1. The van der Waals surface area contributed by atoms with E-state index < -0.39 is 0 Å². The second-order valence-corrected chi connectivity index (χ2v) is 4.94. The first-order valence-corrected chi connectivity index (χ1v) is 6.66. The largest absolute Gasteiger partial charge is 0.355 e. The molecule has 0 aliphatic heterocycles. The Balaban J connectivity index is 2.99. The number of hydrogen-bond donors (Lipinski definition) is 1. The zero-order chi connectivity index (χ0) is 9.94. The van der Waals surface area contributed by atoms with Gasteiger partial charge in [0.1, 0.15) is 0 Å². The van der Waals surface area contributed by atoms with E-state index in [9.17, 15) is 9.59 Å². The summed E-state index contributed by atoms with van der Waals surface area (Å²) in [7, 11) is 3.31. The summed E-state index contributed by atoms with van der Waals surface area (Å²) in [4.78, 5) is 20.6. The molecular weight excluding hydrogens is 206 g/mol. The van der Waals surface area contributed by atoms with Crippen molar-refractivity contribution in [3.8, 4) is 0 Å². The predicted molar refractivity (Wildman–Crippen MR) is 58.5 cm³/mol. The molecule has 0 aromatic rings. The van der Waals surface area contributed by atoms with Crippen LogP contribution in [0.5, 0.6) is 0 Å². The molecule has 0 saturated carbocycles. The summed E-state index contributed by atoms with van der Waals surface area (Å²) >= 11 is 0. The van der Waals surface area contributed by atoms with Crippen molar-refractivity contribution in [1.82, 2.24) is 5.32 Å². The first kappa shape index (κ1) is 12.8. The molecule has 1 amide bonds. The minimum absolute atomic E-state index is 0.0897. The van der Waals surface area contributed by atoms with Gasteiger partial charge in [-0.05, 0) is 0 Å². The molecule has 0 atom stereocenters. The molecule has 0 bridgehead atoms. The van der Waals surface area contributed by atoms with E-state index in [-0.39, 0.29) is 5.91 Å². The second kappa shape index (κ2) is 9.92. The lowest BCUT2D eigenvalue weighted by Crippen LogP contribution is -2.24. The molecule has 0 fully saturated rings. The van der Waals surface area contributed by atoms with Crippen LogP contribution in [0.25, 0.3) is 0 Å². The molecule has 0 aliphatic rings. The highest BCUT2D eigenvalue weighted by Gasteiger charge is 1.95. The van der Waals surface area contributed by atoms with Crippen LogP contribution in [0.2, 0.25) is 0 Å². The number of carbonyl (C=O) groups excluding carboxylic acids is 2. The number of amides is 1. The third kappa shape index (κ3) is 9.76. The number of hydrogen-bond acceptors (Lipinski definition) is 4. The highest BCUT2D eigenvalue weighted by molar-refractivity contribution is 8.76. The van der Waals surface area contributed by atoms with E-state index >= 15 is 0 Å². The fourth-order valence-electron chi connectivity index (χ4n) is 0.558. The second-order valence-electron chi connectivity index (χ2n) is 2.24. The van der Waals surface area contributed by atoms with Crippen molar-refractivity contribution >= 4 is 33.8 Å². The molecule has 0 saturated heterocycles. The van der Waals surface area contributed by atoms with E-state index in [0.29, 0.717) is 19.4 Å². The minimum Gasteiger partial charge on any atom is -0.355 e. The zero-order valence-corrected chi connectivity index (χ0v) is 9.30. The van der Waals surface area contributed by atoms with Gasteiger partial charge in [-0.15, -0.1) is 0 Å². The SMILES string of the molecule is CCC(=O)NCCSSCC[C]=O. The van der Waals surface area contributed by atoms with Crippen molar-refractivity contribution in [2.75, 3.05) is 18.1 Å². The van der Waals surface area contributed by atoms with E-state index in [1.165, 1.54) is 0 Å². The minimum atomic E-state index is 0.0897. The van der Waals surface area contributed by atoms with Gasteiger partial charge in [-0.2, -0.15) is 0 Å². The summed E-state index contributed by atoms with van der Waals surface area (Å²) in [6.45, 7) is 2.53. The van der Waals surface area contributed by atoms with Gasteiger partial charge in [0.05, 0.1) is 0 Å². The average molecular weight is 220 g/mol. The van der Waals surface area contributed by atoms with E-state index in [1.54, 1.807) is 21.6 Å². The molecule has 0 rings (SSSR count). The Morgan fingerprint density at radius 2 is 2.08 bits per heavy atom. The van der Waals surface area contributed by atoms with Gasteiger partial charge in [-0.3, -0.25) is 9.59 Å². The molecular formula is C8H14NO2S2. The molecule has 0 aromatic carbocycles. The average Bonchev–Trinajstić information content (AvgIpc) is 2.16. The van der Waals surface area contributed by atoms with Gasteiger partial charge in [0, 0.05) is 30.9 Å². The van der Waals surface area contributed by atoms with Gasteiger partial charge < -0.3 is 5.32 Å². The van der Waals surface area contributed by atoms with Gasteiger partial charge >= 0.3 is 0 Å². The van der Waals surface area contributed by atoms with E-state index in [1.807, 2.05) is 13.2 Å². The van der Waals surface area contributed by atoms with Crippen LogP contribution in [0.1, 0.15) is 19.8 Å². The maximum atomic E-state index is 10.8. The quantitative estimate of drug-likeness (QED) is 0.496. The lowest BCUT2D eigenvalue weighted by Gasteiger charge is -2.01. The summed E-state index contributed by atoms with van der Waals surface area (Å²) < 4.78 is 0. The topological polar surface area (TPSA) is 46.2 Å². The maximum absolute atomic E-state index is 10.8. The number of carbonyl (C=O) groups is 1. The van der Waals surface area contributed by atoms with Gasteiger partial charge in [-0.1, -0.05) is 28.5 Å². The fourth-order valence-corrected chi connectivity index (χ4v) is 2.35. The monoisotopic (exact) mass is 220 g/mol. The number of rotatable bonds is 8. The Morgan fingerprint density at radius 1 is 1.38 bits per heavy atom. The molecule has 1 radical (unpaired) electrons. The van der Waals surface area contributed by atoms with Gasteiger partial charge in [-0.25, -0.2) is 0 Å². The maximum Gasteiger partial charge on any atom is 0.219 e. The molecule has 0 unspecified atom stereocenters. The van der Waals surface area contributed by atoms with Crippen molar-refractivity contribution in [3.05, 3.63) is 0 Å². The molecule has 0 heterocycles. The van der Waals surface area contributed by atoms with Crippen molar-refractivity contribution in [2.45, 2.75) is 19.8 Å². The van der Waals surface area contributed by atoms with Crippen LogP contribution in [-0.2, 0) is 9.59 Å². The van der Waals surface area contributed by atoms with Crippen molar-refractivity contribution in [3.63, 3.8) is 0 Å². The highest BCUT2D eigenvalue weighted by Crippen LogP contribution is 2.20. The molecule has 75 valence electrons. The molecule has 5 heteroatoms. The molecule has 13 heavy (non-hydrogen) atoms. The smallest absolute Gasteiger partial charge is 0.219 e. The van der Waals surface area contributed by atoms with Crippen LogP contribution < -0.4 is 5.32 Å². The number of nitrogens with one attached hydrogen (secondary N) is 1. The van der Waals surface area contributed by atoms with Gasteiger partial charge in [0.15, 0.2) is 6.29 Å². The summed E-state index contributed by atoms with van der Waals surface area (Å²) in [5.74, 6) is 1.78. The van der Waals surface area contributed by atoms with Crippen molar-refractivity contribution < 1.29 is 9.59 Å². The van der Waals surface area contributed by atoms with E-state index in [0.717, 1.165) is 11.5 Å². The summed E-state index contributed by atoms with van der Waals surface area (Å²) in [6.07, 6.45) is 2.86. The van der Waals surface area contributed by atoms with Crippen LogP contribution in [-0.4, -0.2) is 30.2 Å². The summed E-state index contributed by atoms with van der Waals surface area (Å²) in [6, 6.07) is 0. The van der Waals surface area contributed by atoms with Crippen molar-refractivity contribution in [2.24, 2.45) is 0 Å². The Bertz CT molecular complexity index is 153. The van der Waals surface area contributed by atoms with Crippen LogP contribution >= 0.6 is 21.6 Å². The fraction of sp³-hybridized carbons (Fsp3) is 0.750. The van der Waals surface area contributed by atoms with Crippen LogP contribution in [0, 0.1) is 0 Å². The van der Waals surface area contributed by atoms with Crippen LogP contribution in [0.4, 0.5) is 0 Å². The molecule has 1 N–H and O–H groups in total. The molecule has 0 aliphatic carbocycles. The Hall–Kier alpha value is -0.160. The first-order chi connectivity index (χ1) is 6.31. The third-order valence-corrected chi connectivity index (χ3v) is 3.61. The van der Waals surface area contributed by atoms with Gasteiger partial charge in [0.25, 0.3) is 0 Å². The standard InChI is InChI=1S/C8H14NO2S2/c1-2-8(11)9-4-7-13-12-6-3-5-10/h2-4,6-7H2,1H3,(H,9,11). The zero-order valence-electron chi connectivity index (χ0n) is 7.67. The Kier molecular flexibility index (Phi) is 9.80. The molecule has 3 nitrogen and oxygen atoms in total. The first-order valence-electron chi connectivity index (χ1n) is 4.17. The van der Waals surface area contributed by atoms with Gasteiger partial charge in [0.2, 0.25) is 5.91 Å². The molecule has 0 aromatic heterocycles. The lowest BCUT2D eigenvalue weighted by molar-refractivity contribution is -0.120. The Labute approximate surface area is 86.8 Å². The Morgan fingerprint density at radius 3 is 2.69 bits per heavy atom. The predicted octanol–water partition coefficient (Wildman–Crippen LogP) is 1.39. The van der Waals surface area contributed by atoms with E-state index in [4.69, 9.17) is 0 Å². The summed E-state index contributed by atoms with van der Waals surface area (Å²) in [5, 5.41) is 2.77.